The molecule has 11 heavy (non-hydrogen) atoms. The standard InChI is InChI=1S/C4H10O2S2.2ClH.Mn/c5-3(1-7)4(6)2-8;;;/h3-8H,1-2H2;2*1H;/q;;;+2/p-2/t3-,4-;;;/m1.../s1. The molecule has 2 N–H and O–H groups in total. The van der Waals surface area contributed by atoms with Crippen molar-refractivity contribution in [1.82, 2.24) is 0 Å². The first-order valence-electron chi connectivity index (χ1n) is 2.30. The maximum Gasteiger partial charge on any atom is 2.00 e. The number of hydrogen-bond acceptors (Lipinski definition) is 4. The van der Waals surface area contributed by atoms with E-state index in [1.54, 1.807) is 0 Å². The van der Waals surface area contributed by atoms with Crippen molar-refractivity contribution in [2.75, 3.05) is 11.5 Å². The van der Waals surface area contributed by atoms with Crippen LogP contribution in [0.3, 0.4) is 0 Å². The molecule has 0 aromatic heterocycles. The molecule has 0 aromatic rings. The third kappa shape index (κ3) is 11.7. The summed E-state index contributed by atoms with van der Waals surface area (Å²) in [6, 6.07) is 0. The Morgan fingerprint density at radius 1 is 0.909 bits per heavy atom. The van der Waals surface area contributed by atoms with Crippen molar-refractivity contribution in [2.24, 2.45) is 0 Å². The van der Waals surface area contributed by atoms with Crippen LogP contribution in [0.4, 0.5) is 0 Å². The topological polar surface area (TPSA) is 40.5 Å². The van der Waals surface area contributed by atoms with Crippen LogP contribution < -0.4 is 24.8 Å². The summed E-state index contributed by atoms with van der Waals surface area (Å²) in [6.07, 6.45) is -1.48. The molecule has 1 radical (unpaired) electrons. The number of rotatable bonds is 3. The Hall–Kier alpha value is 1.72. The molecule has 0 aromatic carbocycles. The molecule has 0 bridgehead atoms. The van der Waals surface area contributed by atoms with Gasteiger partial charge in [-0.15, -0.1) is 0 Å². The average molecular weight is 280 g/mol. The molecular formula is C4H10Cl2MnO2S2. The molecule has 0 aliphatic heterocycles. The third-order valence-corrected chi connectivity index (χ3v) is 1.57. The van der Waals surface area contributed by atoms with Crippen LogP contribution in [0, 0.1) is 0 Å². The summed E-state index contributed by atoms with van der Waals surface area (Å²) in [5, 5.41) is 17.5. The van der Waals surface area contributed by atoms with Gasteiger partial charge in [-0.3, -0.25) is 0 Å². The molecule has 0 fully saturated rings. The summed E-state index contributed by atoms with van der Waals surface area (Å²) in [5.41, 5.74) is 0. The minimum Gasteiger partial charge on any atom is -1.00 e. The first-order chi connectivity index (χ1) is 3.72. The van der Waals surface area contributed by atoms with Crippen LogP contribution in [0.15, 0.2) is 0 Å². The zero-order chi connectivity index (χ0) is 6.57. The van der Waals surface area contributed by atoms with Crippen molar-refractivity contribution in [2.45, 2.75) is 12.2 Å². The minimum atomic E-state index is -0.740. The summed E-state index contributed by atoms with van der Waals surface area (Å²) in [7, 11) is 0. The predicted molar refractivity (Wildman–Crippen MR) is 39.7 cm³/mol. The summed E-state index contributed by atoms with van der Waals surface area (Å²) in [4.78, 5) is 0. The van der Waals surface area contributed by atoms with Gasteiger partial charge in [0.2, 0.25) is 0 Å². The van der Waals surface area contributed by atoms with E-state index in [0.717, 1.165) is 0 Å². The van der Waals surface area contributed by atoms with E-state index in [4.69, 9.17) is 10.2 Å². The van der Waals surface area contributed by atoms with E-state index in [1.165, 1.54) is 0 Å². The molecular weight excluding hydrogens is 270 g/mol. The van der Waals surface area contributed by atoms with Gasteiger partial charge >= 0.3 is 17.1 Å². The summed E-state index contributed by atoms with van der Waals surface area (Å²) < 4.78 is 0. The molecule has 0 rings (SSSR count). The Morgan fingerprint density at radius 3 is 1.18 bits per heavy atom. The molecule has 7 heteroatoms. The molecule has 0 spiro atoms. The molecule has 2 atom stereocenters. The molecule has 0 saturated heterocycles. The van der Waals surface area contributed by atoms with Gasteiger partial charge in [0.1, 0.15) is 0 Å². The second-order valence-electron chi connectivity index (χ2n) is 1.50. The van der Waals surface area contributed by atoms with Crippen LogP contribution in [-0.4, -0.2) is 33.9 Å². The Kier molecular flexibility index (Phi) is 29.8. The zero-order valence-electron chi connectivity index (χ0n) is 5.49. The van der Waals surface area contributed by atoms with Crippen LogP contribution in [0.2, 0.25) is 0 Å². The summed E-state index contributed by atoms with van der Waals surface area (Å²) in [5.74, 6) is 0.559. The maximum atomic E-state index is 8.75. The molecule has 0 amide bonds. The number of hydrogen-bond donors (Lipinski definition) is 4. The monoisotopic (exact) mass is 279 g/mol. The Morgan fingerprint density at radius 2 is 1.09 bits per heavy atom. The van der Waals surface area contributed by atoms with Crippen molar-refractivity contribution in [3.8, 4) is 0 Å². The number of aliphatic hydroxyl groups excluding tert-OH is 2. The quantitative estimate of drug-likeness (QED) is 0.307. The van der Waals surface area contributed by atoms with Gasteiger partial charge in [0.25, 0.3) is 0 Å². The van der Waals surface area contributed by atoms with Gasteiger partial charge in [-0.25, -0.2) is 0 Å². The van der Waals surface area contributed by atoms with Gasteiger partial charge in [-0.05, 0) is 0 Å². The van der Waals surface area contributed by atoms with Gasteiger partial charge in [0.05, 0.1) is 12.2 Å². The van der Waals surface area contributed by atoms with Crippen LogP contribution in [0.1, 0.15) is 0 Å². The van der Waals surface area contributed by atoms with E-state index in [2.05, 4.69) is 25.3 Å². The smallest absolute Gasteiger partial charge is 1.00 e. The molecule has 0 heterocycles. The number of thiol groups is 2. The van der Waals surface area contributed by atoms with Gasteiger partial charge in [-0.2, -0.15) is 25.3 Å². The normalized spacial score (nSPS) is 13.1. The van der Waals surface area contributed by atoms with E-state index in [0.29, 0.717) is 0 Å². The first kappa shape index (κ1) is 23.0. The molecule has 0 unspecified atom stereocenters. The van der Waals surface area contributed by atoms with Gasteiger partial charge < -0.3 is 35.0 Å². The Balaban J connectivity index is -0.0000000817. The molecule has 0 aliphatic rings. The SMILES string of the molecule is O[C@H](CS)[C@H](O)CS.[Cl-].[Cl-].[Mn+2]. The Labute approximate surface area is 101 Å². The predicted octanol–water partition coefficient (Wildman–Crippen LogP) is -6.43. The number of aliphatic hydroxyl groups is 2. The molecule has 71 valence electrons. The van der Waals surface area contributed by atoms with Crippen molar-refractivity contribution >= 4 is 25.3 Å². The summed E-state index contributed by atoms with van der Waals surface area (Å²) in [6.45, 7) is 0. The van der Waals surface area contributed by atoms with Crippen molar-refractivity contribution in [3.63, 3.8) is 0 Å². The van der Waals surface area contributed by atoms with Crippen LogP contribution in [0.25, 0.3) is 0 Å². The van der Waals surface area contributed by atoms with Crippen molar-refractivity contribution < 1.29 is 52.1 Å². The second-order valence-corrected chi connectivity index (χ2v) is 2.23. The average Bonchev–Trinajstić information content (AvgIpc) is 1.84. The molecule has 2 nitrogen and oxygen atoms in total. The van der Waals surface area contributed by atoms with Crippen LogP contribution in [-0.2, 0) is 17.1 Å². The van der Waals surface area contributed by atoms with Crippen molar-refractivity contribution in [1.29, 1.82) is 0 Å². The zero-order valence-corrected chi connectivity index (χ0v) is 9.97. The van der Waals surface area contributed by atoms with Crippen molar-refractivity contribution in [3.05, 3.63) is 0 Å². The van der Waals surface area contributed by atoms with E-state index >= 15 is 0 Å². The fourth-order valence-electron chi connectivity index (χ4n) is 0.243. The Bertz CT molecular complexity index is 64.1. The number of halogens is 2. The minimum absolute atomic E-state index is 0. The maximum absolute atomic E-state index is 8.75. The second kappa shape index (κ2) is 14.3. The fraction of sp³-hybridized carbons (Fsp3) is 1.00. The van der Waals surface area contributed by atoms with E-state index < -0.39 is 12.2 Å². The molecule has 0 aliphatic carbocycles. The third-order valence-electron chi connectivity index (χ3n) is 0.818. The first-order valence-corrected chi connectivity index (χ1v) is 3.56. The van der Waals surface area contributed by atoms with Crippen LogP contribution >= 0.6 is 25.3 Å². The van der Waals surface area contributed by atoms with E-state index in [9.17, 15) is 0 Å². The summed E-state index contributed by atoms with van der Waals surface area (Å²) >= 11 is 7.53. The van der Waals surface area contributed by atoms with Gasteiger partial charge in [0, 0.05) is 11.5 Å². The van der Waals surface area contributed by atoms with Crippen LogP contribution in [0.5, 0.6) is 0 Å². The van der Waals surface area contributed by atoms with Gasteiger partial charge in [-0.1, -0.05) is 0 Å². The molecule has 0 saturated carbocycles. The van der Waals surface area contributed by atoms with E-state index in [1.807, 2.05) is 0 Å². The fourth-order valence-corrected chi connectivity index (χ4v) is 0.730. The largest absolute Gasteiger partial charge is 2.00 e. The van der Waals surface area contributed by atoms with E-state index in [-0.39, 0.29) is 53.4 Å². The van der Waals surface area contributed by atoms with Gasteiger partial charge in [0.15, 0.2) is 0 Å².